The van der Waals surface area contributed by atoms with Crippen molar-refractivity contribution in [3.05, 3.63) is 59.7 Å². The maximum atomic E-state index is 12.9. The van der Waals surface area contributed by atoms with E-state index in [9.17, 15) is 9.59 Å². The number of nitrogens with one attached hydrogen (secondary N) is 1. The normalized spacial score (nSPS) is 19.8. The summed E-state index contributed by atoms with van der Waals surface area (Å²) in [6.45, 7) is 6.00. The Bertz CT molecular complexity index is 867. The predicted octanol–water partition coefficient (Wildman–Crippen LogP) is 3.08. The second kappa shape index (κ2) is 7.05. The molecule has 130 valence electrons. The van der Waals surface area contributed by atoms with Crippen LogP contribution in [0.1, 0.15) is 37.6 Å². The third-order valence-electron chi connectivity index (χ3n) is 4.27. The van der Waals surface area contributed by atoms with Gasteiger partial charge in [-0.05, 0) is 56.5 Å². The molecule has 2 atom stereocenters. The molecule has 0 spiro atoms. The summed E-state index contributed by atoms with van der Waals surface area (Å²) in [6, 6.07) is 12.6. The highest BCUT2D eigenvalue weighted by atomic mass is 16.2. The molecule has 0 radical (unpaired) electrons. The van der Waals surface area contributed by atoms with Gasteiger partial charge in [0, 0.05) is 29.4 Å². The molecule has 1 heterocycles. The highest BCUT2D eigenvalue weighted by molar-refractivity contribution is 5.99. The quantitative estimate of drug-likeness (QED) is 0.932. The second-order valence-electron chi connectivity index (χ2n) is 6.85. The van der Waals surface area contributed by atoms with Crippen LogP contribution in [0.2, 0.25) is 0 Å². The zero-order valence-corrected chi connectivity index (χ0v) is 14.8. The predicted molar refractivity (Wildman–Crippen MR) is 97.2 cm³/mol. The molecule has 1 aromatic carbocycles. The van der Waals surface area contributed by atoms with Crippen molar-refractivity contribution in [2.75, 3.05) is 5.32 Å². The molecule has 1 N–H and O–H groups in total. The molecule has 3 rings (SSSR count). The average Bonchev–Trinajstić information content (AvgIpc) is 3.31. The lowest BCUT2D eigenvalue weighted by Crippen LogP contribution is -2.28. The lowest BCUT2D eigenvalue weighted by molar-refractivity contribution is -0.117. The number of aromatic nitrogens is 1. The van der Waals surface area contributed by atoms with Gasteiger partial charge in [-0.25, -0.2) is 0 Å². The number of hydrogen-bond donors (Lipinski definition) is 1. The molecule has 5 heteroatoms. The lowest BCUT2D eigenvalue weighted by Gasteiger charge is -2.09. The summed E-state index contributed by atoms with van der Waals surface area (Å²) < 4.78 is 1.53. The highest BCUT2D eigenvalue weighted by Crippen LogP contribution is 2.38. The van der Waals surface area contributed by atoms with E-state index < -0.39 is 0 Å². The smallest absolute Gasteiger partial charge is 0.263 e. The molecule has 0 aliphatic heterocycles. The summed E-state index contributed by atoms with van der Waals surface area (Å²) in [5.41, 5.74) is 1.77. The summed E-state index contributed by atoms with van der Waals surface area (Å²) in [5, 5.41) is 2.90. The van der Waals surface area contributed by atoms with Crippen molar-refractivity contribution in [2.45, 2.75) is 33.2 Å². The Morgan fingerprint density at radius 1 is 1.20 bits per heavy atom. The van der Waals surface area contributed by atoms with Crippen molar-refractivity contribution in [1.82, 2.24) is 4.57 Å². The molecule has 0 saturated heterocycles. The van der Waals surface area contributed by atoms with Gasteiger partial charge in [0.05, 0.1) is 0 Å². The van der Waals surface area contributed by atoms with E-state index in [2.05, 4.69) is 17.2 Å². The highest BCUT2D eigenvalue weighted by Gasteiger charge is 2.39. The first-order valence-corrected chi connectivity index (χ1v) is 8.63. The fraction of sp³-hybridized carbons (Fsp3) is 0.350. The van der Waals surface area contributed by atoms with E-state index in [1.54, 1.807) is 36.5 Å². The average molecular weight is 337 g/mol. The van der Waals surface area contributed by atoms with Gasteiger partial charge in [0.2, 0.25) is 5.91 Å². The van der Waals surface area contributed by atoms with Crippen LogP contribution in [0.3, 0.4) is 0 Å². The Kier molecular flexibility index (Phi) is 4.83. The first-order valence-electron chi connectivity index (χ1n) is 8.63. The molecule has 1 aromatic heterocycles. The van der Waals surface area contributed by atoms with E-state index >= 15 is 0 Å². The van der Waals surface area contributed by atoms with Crippen molar-refractivity contribution in [2.24, 2.45) is 16.8 Å². The van der Waals surface area contributed by atoms with Gasteiger partial charge in [0.25, 0.3) is 5.91 Å². The van der Waals surface area contributed by atoms with Gasteiger partial charge in [-0.3, -0.25) is 19.1 Å². The van der Waals surface area contributed by atoms with E-state index in [0.717, 1.165) is 6.42 Å². The first kappa shape index (κ1) is 17.1. The number of pyridine rings is 1. The van der Waals surface area contributed by atoms with Crippen molar-refractivity contribution < 1.29 is 9.59 Å². The summed E-state index contributed by atoms with van der Waals surface area (Å²) in [4.78, 5) is 29.5. The van der Waals surface area contributed by atoms with Gasteiger partial charge < -0.3 is 5.32 Å². The van der Waals surface area contributed by atoms with Crippen molar-refractivity contribution in [3.8, 4) is 0 Å². The first-order chi connectivity index (χ1) is 12.0. The third-order valence-corrected chi connectivity index (χ3v) is 4.27. The number of anilines is 1. The van der Waals surface area contributed by atoms with Crippen molar-refractivity contribution in [1.29, 1.82) is 0 Å². The zero-order valence-electron chi connectivity index (χ0n) is 14.8. The molecule has 2 aromatic rings. The molecule has 5 nitrogen and oxygen atoms in total. The number of hydrogen-bond acceptors (Lipinski definition) is 3. The van der Waals surface area contributed by atoms with Crippen LogP contribution in [0.4, 0.5) is 5.69 Å². The Labute approximate surface area is 147 Å². The summed E-state index contributed by atoms with van der Waals surface area (Å²) in [6.07, 6.45) is 2.64. The van der Waals surface area contributed by atoms with E-state index in [4.69, 9.17) is 0 Å². The van der Waals surface area contributed by atoms with Gasteiger partial charge >= 0.3 is 0 Å². The maximum Gasteiger partial charge on any atom is 0.263 e. The Morgan fingerprint density at radius 2 is 1.96 bits per heavy atom. The molecule has 1 amide bonds. The van der Waals surface area contributed by atoms with Gasteiger partial charge in [-0.2, -0.15) is 0 Å². The number of amides is 1. The van der Waals surface area contributed by atoms with Crippen LogP contribution in [-0.2, 0) is 4.79 Å². The summed E-state index contributed by atoms with van der Waals surface area (Å²) in [5.74, 6) is 0.403. The molecule has 1 fully saturated rings. The number of nitrogens with zero attached hydrogens (tertiary/aromatic N) is 2. The van der Waals surface area contributed by atoms with E-state index in [-0.39, 0.29) is 23.8 Å². The van der Waals surface area contributed by atoms with Gasteiger partial charge in [-0.1, -0.05) is 19.1 Å². The maximum absolute atomic E-state index is 12.9. The minimum atomic E-state index is -0.170. The summed E-state index contributed by atoms with van der Waals surface area (Å²) >= 11 is 0. The number of rotatable bonds is 4. The fourth-order valence-electron chi connectivity index (χ4n) is 2.77. The minimum Gasteiger partial charge on any atom is -0.326 e. The van der Waals surface area contributed by atoms with Crippen LogP contribution in [0.25, 0.3) is 0 Å². The number of carbonyl (C=O) groups is 2. The van der Waals surface area contributed by atoms with Crippen LogP contribution in [-0.4, -0.2) is 22.4 Å². The minimum absolute atomic E-state index is 0.0277. The van der Waals surface area contributed by atoms with E-state index in [0.29, 0.717) is 22.7 Å². The SMILES string of the molecule is CC(C)N=c1ccccn1C(=O)c1cccc(NC(=O)[C@@H]2C[C@H]2C)c1. The zero-order chi connectivity index (χ0) is 18.0. The van der Waals surface area contributed by atoms with Crippen LogP contribution < -0.4 is 10.8 Å². The van der Waals surface area contributed by atoms with Crippen molar-refractivity contribution in [3.63, 3.8) is 0 Å². The second-order valence-corrected chi connectivity index (χ2v) is 6.85. The topological polar surface area (TPSA) is 63.5 Å². The Balaban J connectivity index is 1.86. The third kappa shape index (κ3) is 4.05. The lowest BCUT2D eigenvalue weighted by atomic mass is 10.1. The molecule has 1 aliphatic carbocycles. The fourth-order valence-corrected chi connectivity index (χ4v) is 2.77. The van der Waals surface area contributed by atoms with Crippen LogP contribution in [0.5, 0.6) is 0 Å². The number of carbonyl (C=O) groups excluding carboxylic acids is 2. The van der Waals surface area contributed by atoms with Crippen LogP contribution in [0, 0.1) is 11.8 Å². The largest absolute Gasteiger partial charge is 0.326 e. The molecular weight excluding hydrogens is 314 g/mol. The monoisotopic (exact) mass is 337 g/mol. The molecule has 1 aliphatic rings. The van der Waals surface area contributed by atoms with Crippen LogP contribution >= 0.6 is 0 Å². The molecular formula is C20H23N3O2. The van der Waals surface area contributed by atoms with Gasteiger partial charge in [0.15, 0.2) is 0 Å². The summed E-state index contributed by atoms with van der Waals surface area (Å²) in [7, 11) is 0. The van der Waals surface area contributed by atoms with E-state index in [1.807, 2.05) is 26.0 Å². The molecule has 25 heavy (non-hydrogen) atoms. The standard InChI is InChI=1S/C20H23N3O2/c1-13(2)21-18-9-4-5-10-23(18)20(25)15-7-6-8-16(12-15)22-19(24)17-11-14(17)3/h4-10,12-14,17H,11H2,1-3H3,(H,22,24)/t14-,17-/m1/s1. The van der Waals surface area contributed by atoms with Gasteiger partial charge in [-0.15, -0.1) is 0 Å². The van der Waals surface area contributed by atoms with E-state index in [1.165, 1.54) is 4.57 Å². The molecule has 0 bridgehead atoms. The molecule has 0 unspecified atom stereocenters. The van der Waals surface area contributed by atoms with Crippen LogP contribution in [0.15, 0.2) is 53.7 Å². The Hall–Kier alpha value is -2.69. The Morgan fingerprint density at radius 3 is 2.64 bits per heavy atom. The molecule has 1 saturated carbocycles. The van der Waals surface area contributed by atoms with Gasteiger partial charge in [0.1, 0.15) is 5.49 Å². The number of benzene rings is 1. The van der Waals surface area contributed by atoms with Crippen molar-refractivity contribution >= 4 is 17.5 Å².